The number of ether oxygens (including phenoxy) is 2. The molecule has 0 aromatic heterocycles. The molecular formula is C24H38O5. The average molecular weight is 407 g/mol. The summed E-state index contributed by atoms with van der Waals surface area (Å²) in [6, 6.07) is 0. The van der Waals surface area contributed by atoms with Crippen LogP contribution >= 0.6 is 0 Å². The molecule has 5 nitrogen and oxygen atoms in total. The molecule has 1 saturated carbocycles. The molecule has 0 aromatic carbocycles. The summed E-state index contributed by atoms with van der Waals surface area (Å²) in [5.74, 6) is -0.499. The van der Waals surface area contributed by atoms with E-state index < -0.39 is 17.5 Å². The average Bonchev–Trinajstić information content (AvgIpc) is 2.57. The van der Waals surface area contributed by atoms with Gasteiger partial charge >= 0.3 is 11.9 Å². The van der Waals surface area contributed by atoms with Gasteiger partial charge in [-0.2, -0.15) is 0 Å². The molecule has 1 rings (SSSR count). The zero-order chi connectivity index (χ0) is 22.1. The van der Waals surface area contributed by atoms with Gasteiger partial charge in [-0.15, -0.1) is 0 Å². The maximum Gasteiger partial charge on any atom is 0.307 e. The van der Waals surface area contributed by atoms with Gasteiger partial charge in [0.1, 0.15) is 0 Å². The largest absolute Gasteiger partial charge is 0.435 e. The van der Waals surface area contributed by atoms with Crippen LogP contribution in [0.4, 0.5) is 0 Å². The van der Waals surface area contributed by atoms with Gasteiger partial charge in [-0.1, -0.05) is 31.9 Å². The van der Waals surface area contributed by atoms with Crippen LogP contribution in [0.25, 0.3) is 0 Å². The predicted molar refractivity (Wildman–Crippen MR) is 115 cm³/mol. The maximum atomic E-state index is 11.0. The van der Waals surface area contributed by atoms with Gasteiger partial charge in [0.15, 0.2) is 0 Å². The van der Waals surface area contributed by atoms with Crippen molar-refractivity contribution in [3.05, 3.63) is 35.8 Å². The highest BCUT2D eigenvalue weighted by Crippen LogP contribution is 2.48. The number of carbonyl (C=O) groups is 2. The lowest BCUT2D eigenvalue weighted by atomic mass is 9.60. The molecule has 0 radical (unpaired) electrons. The van der Waals surface area contributed by atoms with Crippen LogP contribution in [0, 0.1) is 11.3 Å². The van der Waals surface area contributed by atoms with Crippen LogP contribution in [0.2, 0.25) is 0 Å². The summed E-state index contributed by atoms with van der Waals surface area (Å²) in [5, 5.41) is 10.8. The summed E-state index contributed by atoms with van der Waals surface area (Å²) in [4.78, 5) is 21.9. The van der Waals surface area contributed by atoms with Crippen molar-refractivity contribution in [1.82, 2.24) is 0 Å². The summed E-state index contributed by atoms with van der Waals surface area (Å²) in [7, 11) is 0. The van der Waals surface area contributed by atoms with Gasteiger partial charge in [-0.05, 0) is 75.4 Å². The van der Waals surface area contributed by atoms with E-state index in [9.17, 15) is 14.7 Å². The lowest BCUT2D eigenvalue weighted by Crippen LogP contribution is -2.46. The van der Waals surface area contributed by atoms with E-state index in [0.717, 1.165) is 44.1 Å². The SMILES string of the molecule is CC(=O)OC=CC(=COC(C)=O)CCC=C(C)CCC1C(C)(C)CCCC1(C)O. The summed E-state index contributed by atoms with van der Waals surface area (Å²) >= 11 is 0. The molecule has 0 aliphatic heterocycles. The first-order valence-corrected chi connectivity index (χ1v) is 10.5. The first kappa shape index (κ1) is 25.2. The van der Waals surface area contributed by atoms with E-state index in [-0.39, 0.29) is 11.3 Å². The number of rotatable bonds is 9. The standard InChI is InChI=1S/C24H38O5/c1-18(11-12-22-23(4,5)14-8-15-24(22,6)27)9-7-10-21(17-29-20(3)26)13-16-28-19(2)25/h9,13,16-17,22,27H,7-8,10-12,14-15H2,1-6H3. The zero-order valence-corrected chi connectivity index (χ0v) is 18.9. The van der Waals surface area contributed by atoms with Gasteiger partial charge in [0.05, 0.1) is 18.1 Å². The Hall–Kier alpha value is -1.88. The second-order valence-electron chi connectivity index (χ2n) is 9.09. The number of carbonyl (C=O) groups excluding carboxylic acids is 2. The molecule has 1 fully saturated rings. The van der Waals surface area contributed by atoms with Crippen LogP contribution in [0.5, 0.6) is 0 Å². The van der Waals surface area contributed by atoms with Crippen LogP contribution < -0.4 is 0 Å². The minimum atomic E-state index is -0.594. The van der Waals surface area contributed by atoms with Gasteiger partial charge < -0.3 is 14.6 Å². The van der Waals surface area contributed by atoms with Gasteiger partial charge in [-0.3, -0.25) is 9.59 Å². The molecular weight excluding hydrogens is 368 g/mol. The quantitative estimate of drug-likeness (QED) is 0.234. The molecule has 0 aromatic rings. The predicted octanol–water partition coefficient (Wildman–Crippen LogP) is 5.59. The fourth-order valence-corrected chi connectivity index (χ4v) is 4.31. The Bertz CT molecular complexity index is 636. The molecule has 0 saturated heterocycles. The molecule has 29 heavy (non-hydrogen) atoms. The van der Waals surface area contributed by atoms with Crippen molar-refractivity contribution in [2.24, 2.45) is 11.3 Å². The van der Waals surface area contributed by atoms with E-state index in [2.05, 4.69) is 26.8 Å². The second kappa shape index (κ2) is 11.3. The van der Waals surface area contributed by atoms with Crippen molar-refractivity contribution in [2.75, 3.05) is 0 Å². The van der Waals surface area contributed by atoms with Gasteiger partial charge in [0.25, 0.3) is 0 Å². The normalized spacial score (nSPS) is 25.1. The number of hydrogen-bond donors (Lipinski definition) is 1. The third kappa shape index (κ3) is 9.44. The zero-order valence-electron chi connectivity index (χ0n) is 18.9. The molecule has 2 unspecified atom stereocenters. The van der Waals surface area contributed by atoms with Crippen molar-refractivity contribution >= 4 is 11.9 Å². The van der Waals surface area contributed by atoms with Gasteiger partial charge in [-0.25, -0.2) is 0 Å². The molecule has 0 amide bonds. The van der Waals surface area contributed by atoms with Crippen molar-refractivity contribution in [2.45, 2.75) is 92.1 Å². The molecule has 2 atom stereocenters. The Kier molecular flexibility index (Phi) is 9.84. The summed E-state index contributed by atoms with van der Waals surface area (Å²) in [5.41, 5.74) is 1.62. The minimum absolute atomic E-state index is 0.156. The van der Waals surface area contributed by atoms with Crippen molar-refractivity contribution in [3.63, 3.8) is 0 Å². The molecule has 1 aliphatic carbocycles. The van der Waals surface area contributed by atoms with E-state index >= 15 is 0 Å². The van der Waals surface area contributed by atoms with E-state index in [0.29, 0.717) is 6.42 Å². The number of hydrogen-bond acceptors (Lipinski definition) is 5. The maximum absolute atomic E-state index is 11.0. The fourth-order valence-electron chi connectivity index (χ4n) is 4.31. The highest BCUT2D eigenvalue weighted by Gasteiger charge is 2.44. The first-order valence-electron chi connectivity index (χ1n) is 10.5. The highest BCUT2D eigenvalue weighted by atomic mass is 16.5. The monoisotopic (exact) mass is 406 g/mol. The van der Waals surface area contributed by atoms with Crippen LogP contribution in [-0.2, 0) is 19.1 Å². The Morgan fingerprint density at radius 1 is 1.03 bits per heavy atom. The summed E-state index contributed by atoms with van der Waals surface area (Å²) in [6.07, 6.45) is 13.0. The van der Waals surface area contributed by atoms with E-state index in [1.165, 1.54) is 31.9 Å². The number of allylic oxidation sites excluding steroid dienone is 4. The molecule has 1 aliphatic rings. The topological polar surface area (TPSA) is 72.8 Å². The summed E-state index contributed by atoms with van der Waals surface area (Å²) in [6.45, 7) is 11.3. The lowest BCUT2D eigenvalue weighted by molar-refractivity contribution is -0.136. The van der Waals surface area contributed by atoms with Crippen LogP contribution in [0.15, 0.2) is 35.8 Å². The number of aliphatic hydroxyl groups is 1. The Morgan fingerprint density at radius 2 is 1.69 bits per heavy atom. The van der Waals surface area contributed by atoms with Crippen LogP contribution in [0.1, 0.15) is 86.5 Å². The first-order chi connectivity index (χ1) is 13.4. The highest BCUT2D eigenvalue weighted by molar-refractivity contribution is 5.67. The van der Waals surface area contributed by atoms with Crippen molar-refractivity contribution < 1.29 is 24.2 Å². The molecule has 0 bridgehead atoms. The fraction of sp³-hybridized carbons (Fsp3) is 0.667. The Labute approximate surface area is 175 Å². The van der Waals surface area contributed by atoms with E-state index in [4.69, 9.17) is 9.47 Å². The minimum Gasteiger partial charge on any atom is -0.435 e. The smallest absolute Gasteiger partial charge is 0.307 e. The van der Waals surface area contributed by atoms with Crippen molar-refractivity contribution in [1.29, 1.82) is 0 Å². The third-order valence-corrected chi connectivity index (χ3v) is 5.84. The molecule has 1 N–H and O–H groups in total. The molecule has 5 heteroatoms. The summed E-state index contributed by atoms with van der Waals surface area (Å²) < 4.78 is 9.76. The van der Waals surface area contributed by atoms with Crippen LogP contribution in [-0.4, -0.2) is 22.6 Å². The van der Waals surface area contributed by atoms with Crippen molar-refractivity contribution in [3.8, 4) is 0 Å². The molecule has 0 heterocycles. The Morgan fingerprint density at radius 3 is 2.28 bits per heavy atom. The lowest BCUT2D eigenvalue weighted by Gasteiger charge is -2.48. The van der Waals surface area contributed by atoms with E-state index in [1.807, 2.05) is 6.92 Å². The van der Waals surface area contributed by atoms with Gasteiger partial charge in [0.2, 0.25) is 0 Å². The third-order valence-electron chi connectivity index (χ3n) is 5.84. The van der Waals surface area contributed by atoms with Gasteiger partial charge in [0, 0.05) is 13.8 Å². The Balaban J connectivity index is 2.62. The van der Waals surface area contributed by atoms with Crippen LogP contribution in [0.3, 0.4) is 0 Å². The van der Waals surface area contributed by atoms with E-state index in [1.54, 1.807) is 6.08 Å². The number of esters is 2. The molecule has 164 valence electrons. The molecule has 0 spiro atoms. The second-order valence-corrected chi connectivity index (χ2v) is 9.09.